The second-order valence-corrected chi connectivity index (χ2v) is 4.85. The molecule has 88 valence electrons. The van der Waals surface area contributed by atoms with Crippen LogP contribution in [0.4, 0.5) is 0 Å². The quantitative estimate of drug-likeness (QED) is 0.802. The van der Waals surface area contributed by atoms with Gasteiger partial charge in [-0.15, -0.1) is 5.10 Å². The van der Waals surface area contributed by atoms with Gasteiger partial charge >= 0.3 is 0 Å². The number of nitrogens with zero attached hydrogens (tertiary/aromatic N) is 3. The van der Waals surface area contributed by atoms with E-state index in [0.717, 1.165) is 37.9 Å². The topological polar surface area (TPSA) is 52.0 Å². The zero-order valence-electron chi connectivity index (χ0n) is 9.65. The predicted molar refractivity (Wildman–Crippen MR) is 59.0 cm³/mol. The lowest BCUT2D eigenvalue weighted by Crippen LogP contribution is -2.32. The molecule has 3 rings (SSSR count). The Morgan fingerprint density at radius 3 is 3.12 bits per heavy atom. The van der Waals surface area contributed by atoms with Crippen LogP contribution >= 0.6 is 0 Å². The van der Waals surface area contributed by atoms with Crippen molar-refractivity contribution in [3.63, 3.8) is 0 Å². The van der Waals surface area contributed by atoms with Gasteiger partial charge < -0.3 is 10.1 Å². The largest absolute Gasteiger partial charge is 0.380 e. The van der Waals surface area contributed by atoms with Crippen molar-refractivity contribution in [1.82, 2.24) is 20.3 Å². The average molecular weight is 222 g/mol. The van der Waals surface area contributed by atoms with Crippen LogP contribution in [0.2, 0.25) is 0 Å². The summed E-state index contributed by atoms with van der Waals surface area (Å²) in [6.45, 7) is 3.52. The van der Waals surface area contributed by atoms with E-state index in [-0.39, 0.29) is 0 Å². The van der Waals surface area contributed by atoms with Crippen LogP contribution in [0.3, 0.4) is 0 Å². The normalized spacial score (nSPS) is 24.4. The first-order chi connectivity index (χ1) is 7.84. The molecule has 1 saturated carbocycles. The zero-order valence-corrected chi connectivity index (χ0v) is 9.65. The maximum Gasteiger partial charge on any atom is 0.100 e. The Kier molecular flexibility index (Phi) is 2.65. The third-order valence-electron chi connectivity index (χ3n) is 3.38. The first-order valence-electron chi connectivity index (χ1n) is 6.01. The number of fused-ring (bicyclic) bond motifs is 1. The molecule has 0 aromatic carbocycles. The summed E-state index contributed by atoms with van der Waals surface area (Å²) in [6.07, 6.45) is 2.70. The second-order valence-electron chi connectivity index (χ2n) is 4.85. The third kappa shape index (κ3) is 1.97. The van der Waals surface area contributed by atoms with E-state index in [2.05, 4.69) is 15.6 Å². The SMILES string of the molecule is Cn1nnc2c1[C@@H](COCC1CC1)CNC2. The molecule has 0 unspecified atom stereocenters. The Morgan fingerprint density at radius 1 is 1.44 bits per heavy atom. The summed E-state index contributed by atoms with van der Waals surface area (Å²) in [5, 5.41) is 11.6. The first-order valence-corrected chi connectivity index (χ1v) is 6.01. The van der Waals surface area contributed by atoms with E-state index in [0.29, 0.717) is 5.92 Å². The Morgan fingerprint density at radius 2 is 2.31 bits per heavy atom. The molecule has 1 aromatic rings. The fourth-order valence-electron chi connectivity index (χ4n) is 2.29. The highest BCUT2D eigenvalue weighted by molar-refractivity contribution is 5.19. The van der Waals surface area contributed by atoms with Gasteiger partial charge in [0, 0.05) is 32.7 Å². The molecule has 0 radical (unpaired) electrons. The molecule has 1 aliphatic heterocycles. The van der Waals surface area contributed by atoms with Crippen molar-refractivity contribution in [1.29, 1.82) is 0 Å². The van der Waals surface area contributed by atoms with E-state index >= 15 is 0 Å². The van der Waals surface area contributed by atoms with E-state index in [1.54, 1.807) is 0 Å². The Balaban J connectivity index is 1.63. The third-order valence-corrected chi connectivity index (χ3v) is 3.38. The molecule has 1 fully saturated rings. The van der Waals surface area contributed by atoms with Crippen molar-refractivity contribution in [3.8, 4) is 0 Å². The molecular weight excluding hydrogens is 204 g/mol. The molecule has 16 heavy (non-hydrogen) atoms. The van der Waals surface area contributed by atoms with E-state index in [1.807, 2.05) is 11.7 Å². The number of nitrogens with one attached hydrogen (secondary N) is 1. The van der Waals surface area contributed by atoms with Gasteiger partial charge in [-0.3, -0.25) is 4.68 Å². The van der Waals surface area contributed by atoms with E-state index < -0.39 is 0 Å². The van der Waals surface area contributed by atoms with Crippen molar-refractivity contribution in [2.75, 3.05) is 19.8 Å². The number of rotatable bonds is 4. The number of aromatic nitrogens is 3. The highest BCUT2D eigenvalue weighted by Crippen LogP contribution is 2.29. The second kappa shape index (κ2) is 4.14. The lowest BCUT2D eigenvalue weighted by molar-refractivity contribution is 0.106. The Hall–Kier alpha value is -0.940. The molecule has 1 atom stereocenters. The molecule has 5 heteroatoms. The molecule has 0 spiro atoms. The van der Waals surface area contributed by atoms with Crippen molar-refractivity contribution in [2.24, 2.45) is 13.0 Å². The smallest absolute Gasteiger partial charge is 0.100 e. The first kappa shape index (κ1) is 10.2. The summed E-state index contributed by atoms with van der Waals surface area (Å²) >= 11 is 0. The molecule has 0 amide bonds. The van der Waals surface area contributed by atoms with Crippen LogP contribution in [0.5, 0.6) is 0 Å². The van der Waals surface area contributed by atoms with E-state index in [1.165, 1.54) is 18.5 Å². The Labute approximate surface area is 95.2 Å². The molecule has 0 saturated heterocycles. The minimum atomic E-state index is 0.405. The fourth-order valence-corrected chi connectivity index (χ4v) is 2.29. The lowest BCUT2D eigenvalue weighted by Gasteiger charge is -2.23. The van der Waals surface area contributed by atoms with Crippen LogP contribution in [0.25, 0.3) is 0 Å². The van der Waals surface area contributed by atoms with Gasteiger partial charge in [-0.05, 0) is 18.8 Å². The standard InChI is InChI=1S/C11H18N4O/c1-15-11-9(7-16-6-8-2-3-8)4-12-5-10(11)13-14-15/h8-9,12H,2-7H2,1H3/t9-/m1/s1. The molecule has 1 aromatic heterocycles. The minimum absolute atomic E-state index is 0.405. The molecule has 1 N–H and O–H groups in total. The predicted octanol–water partition coefficient (Wildman–Crippen LogP) is 0.428. The zero-order chi connectivity index (χ0) is 11.0. The lowest BCUT2D eigenvalue weighted by atomic mass is 10.0. The number of hydrogen-bond acceptors (Lipinski definition) is 4. The minimum Gasteiger partial charge on any atom is -0.380 e. The van der Waals surface area contributed by atoms with Gasteiger partial charge in [0.15, 0.2) is 0 Å². The van der Waals surface area contributed by atoms with Gasteiger partial charge in [0.05, 0.1) is 12.3 Å². The summed E-state index contributed by atoms with van der Waals surface area (Å²) in [7, 11) is 1.96. The monoisotopic (exact) mass is 222 g/mol. The molecule has 1 aliphatic carbocycles. The van der Waals surface area contributed by atoms with Crippen molar-refractivity contribution in [2.45, 2.75) is 25.3 Å². The highest BCUT2D eigenvalue weighted by Gasteiger charge is 2.27. The molecule has 2 heterocycles. The summed E-state index contributed by atoms with van der Waals surface area (Å²) in [5.41, 5.74) is 2.32. The number of ether oxygens (including phenoxy) is 1. The van der Waals surface area contributed by atoms with Crippen LogP contribution < -0.4 is 5.32 Å². The van der Waals surface area contributed by atoms with Gasteiger partial charge in [-0.25, -0.2) is 0 Å². The van der Waals surface area contributed by atoms with Gasteiger partial charge in [-0.2, -0.15) is 0 Å². The van der Waals surface area contributed by atoms with Crippen LogP contribution in [0.15, 0.2) is 0 Å². The Bertz CT molecular complexity index is 372. The maximum atomic E-state index is 5.77. The van der Waals surface area contributed by atoms with E-state index in [4.69, 9.17) is 4.74 Å². The highest BCUT2D eigenvalue weighted by atomic mass is 16.5. The summed E-state index contributed by atoms with van der Waals surface area (Å²) in [6, 6.07) is 0. The van der Waals surface area contributed by atoms with Crippen LogP contribution in [-0.2, 0) is 18.3 Å². The fraction of sp³-hybridized carbons (Fsp3) is 0.818. The van der Waals surface area contributed by atoms with E-state index in [9.17, 15) is 0 Å². The summed E-state index contributed by atoms with van der Waals surface area (Å²) in [5.74, 6) is 1.24. The van der Waals surface area contributed by atoms with Gasteiger partial charge in [0.2, 0.25) is 0 Å². The van der Waals surface area contributed by atoms with Crippen LogP contribution in [0.1, 0.15) is 30.1 Å². The van der Waals surface area contributed by atoms with Gasteiger partial charge in [-0.1, -0.05) is 5.21 Å². The molecular formula is C11H18N4O. The van der Waals surface area contributed by atoms with Crippen molar-refractivity contribution in [3.05, 3.63) is 11.4 Å². The average Bonchev–Trinajstić information content (AvgIpc) is 3.03. The van der Waals surface area contributed by atoms with Crippen molar-refractivity contribution >= 4 is 0 Å². The van der Waals surface area contributed by atoms with Crippen LogP contribution in [0, 0.1) is 5.92 Å². The number of aryl methyl sites for hydroxylation is 1. The van der Waals surface area contributed by atoms with Crippen LogP contribution in [-0.4, -0.2) is 34.8 Å². The summed E-state index contributed by atoms with van der Waals surface area (Å²) in [4.78, 5) is 0. The molecule has 2 aliphatic rings. The maximum absolute atomic E-state index is 5.77. The molecule has 0 bridgehead atoms. The van der Waals surface area contributed by atoms with Gasteiger partial charge in [0.25, 0.3) is 0 Å². The molecule has 5 nitrogen and oxygen atoms in total. The number of hydrogen-bond donors (Lipinski definition) is 1. The van der Waals surface area contributed by atoms with Gasteiger partial charge in [0.1, 0.15) is 5.69 Å². The van der Waals surface area contributed by atoms with Crippen molar-refractivity contribution < 1.29 is 4.74 Å². The summed E-state index contributed by atoms with van der Waals surface area (Å²) < 4.78 is 7.66.